The molecular formula is C13H15NO6. The standard InChI is InChI=1S/C13H15NO6/c1-8-2-3-9(20-8)4-6-11(15)14-10(13(18)19)5-7-12(16)17/h2-4,6,10H,5,7H2,1H3,(H,14,15)(H,16,17)(H,18,19)/b6-4+/t10-/m0/s1. The third-order valence-corrected chi connectivity index (χ3v) is 2.42. The van der Waals surface area contributed by atoms with Crippen molar-refractivity contribution in [3.8, 4) is 0 Å². The number of hydrogen-bond acceptors (Lipinski definition) is 4. The van der Waals surface area contributed by atoms with E-state index in [2.05, 4.69) is 5.32 Å². The molecule has 1 rings (SSSR count). The average Bonchev–Trinajstić information content (AvgIpc) is 2.77. The normalized spacial score (nSPS) is 12.2. The van der Waals surface area contributed by atoms with E-state index >= 15 is 0 Å². The van der Waals surface area contributed by atoms with Crippen molar-refractivity contribution in [1.29, 1.82) is 0 Å². The Labute approximate surface area is 114 Å². The van der Waals surface area contributed by atoms with Crippen LogP contribution in [-0.2, 0) is 14.4 Å². The van der Waals surface area contributed by atoms with Gasteiger partial charge < -0.3 is 19.9 Å². The molecule has 0 spiro atoms. The highest BCUT2D eigenvalue weighted by Crippen LogP contribution is 2.07. The van der Waals surface area contributed by atoms with Gasteiger partial charge in [0.25, 0.3) is 0 Å². The molecule has 0 bridgehead atoms. The van der Waals surface area contributed by atoms with Gasteiger partial charge in [-0.1, -0.05) is 0 Å². The third kappa shape index (κ3) is 5.38. The summed E-state index contributed by atoms with van der Waals surface area (Å²) >= 11 is 0. The number of aliphatic carboxylic acids is 2. The highest BCUT2D eigenvalue weighted by molar-refractivity contribution is 5.94. The summed E-state index contributed by atoms with van der Waals surface area (Å²) in [4.78, 5) is 32.8. The van der Waals surface area contributed by atoms with Gasteiger partial charge in [0.1, 0.15) is 17.6 Å². The number of amides is 1. The van der Waals surface area contributed by atoms with Crippen LogP contribution in [0.4, 0.5) is 0 Å². The first kappa shape index (κ1) is 15.5. The topological polar surface area (TPSA) is 117 Å². The Bertz CT molecular complexity index is 531. The molecule has 108 valence electrons. The van der Waals surface area contributed by atoms with Crippen LogP contribution in [0.15, 0.2) is 22.6 Å². The number of furan rings is 1. The highest BCUT2D eigenvalue weighted by atomic mass is 16.4. The Balaban J connectivity index is 2.55. The molecule has 0 radical (unpaired) electrons. The molecule has 0 aliphatic carbocycles. The summed E-state index contributed by atoms with van der Waals surface area (Å²) in [6.07, 6.45) is 2.02. The van der Waals surface area contributed by atoms with Gasteiger partial charge in [0, 0.05) is 12.5 Å². The zero-order valence-corrected chi connectivity index (χ0v) is 10.8. The van der Waals surface area contributed by atoms with Gasteiger partial charge in [-0.15, -0.1) is 0 Å². The third-order valence-electron chi connectivity index (χ3n) is 2.42. The van der Waals surface area contributed by atoms with E-state index in [4.69, 9.17) is 14.6 Å². The molecule has 1 aromatic rings. The molecule has 0 saturated heterocycles. The molecule has 0 saturated carbocycles. The predicted molar refractivity (Wildman–Crippen MR) is 68.9 cm³/mol. The Kier molecular flexibility index (Phi) is 5.52. The van der Waals surface area contributed by atoms with Crippen LogP contribution in [0.25, 0.3) is 6.08 Å². The Morgan fingerprint density at radius 2 is 2.05 bits per heavy atom. The summed E-state index contributed by atoms with van der Waals surface area (Å²) in [5.41, 5.74) is 0. The van der Waals surface area contributed by atoms with Gasteiger partial charge >= 0.3 is 11.9 Å². The molecule has 1 amide bonds. The van der Waals surface area contributed by atoms with Gasteiger partial charge in [-0.25, -0.2) is 4.79 Å². The lowest BCUT2D eigenvalue weighted by molar-refractivity contribution is -0.142. The minimum atomic E-state index is -1.28. The first-order chi connectivity index (χ1) is 9.38. The summed E-state index contributed by atoms with van der Waals surface area (Å²) in [5, 5.41) is 19.6. The van der Waals surface area contributed by atoms with Crippen LogP contribution in [0.1, 0.15) is 24.4 Å². The molecule has 7 heteroatoms. The lowest BCUT2D eigenvalue weighted by Gasteiger charge is -2.11. The van der Waals surface area contributed by atoms with E-state index in [1.165, 1.54) is 6.08 Å². The fraction of sp³-hybridized carbons (Fsp3) is 0.308. The van der Waals surface area contributed by atoms with Crippen LogP contribution in [0, 0.1) is 6.92 Å². The number of carboxylic acid groups (broad SMARTS) is 2. The van der Waals surface area contributed by atoms with Crippen molar-refractivity contribution in [3.63, 3.8) is 0 Å². The van der Waals surface area contributed by atoms with Crippen molar-refractivity contribution in [1.82, 2.24) is 5.32 Å². The minimum Gasteiger partial charge on any atom is -0.481 e. The Morgan fingerprint density at radius 1 is 1.35 bits per heavy atom. The van der Waals surface area contributed by atoms with E-state index in [1.807, 2.05) is 0 Å². The van der Waals surface area contributed by atoms with Crippen LogP contribution >= 0.6 is 0 Å². The Morgan fingerprint density at radius 3 is 2.55 bits per heavy atom. The molecule has 1 aromatic heterocycles. The lowest BCUT2D eigenvalue weighted by atomic mass is 10.1. The summed E-state index contributed by atoms with van der Waals surface area (Å²) < 4.78 is 5.20. The van der Waals surface area contributed by atoms with Crippen LogP contribution in [-0.4, -0.2) is 34.1 Å². The largest absolute Gasteiger partial charge is 0.481 e. The quantitative estimate of drug-likeness (QED) is 0.643. The van der Waals surface area contributed by atoms with Crippen molar-refractivity contribution in [2.75, 3.05) is 0 Å². The molecule has 20 heavy (non-hydrogen) atoms. The monoisotopic (exact) mass is 281 g/mol. The van der Waals surface area contributed by atoms with Gasteiger partial charge in [0.2, 0.25) is 5.91 Å². The van der Waals surface area contributed by atoms with Crippen LogP contribution in [0.3, 0.4) is 0 Å². The second-order valence-electron chi connectivity index (χ2n) is 4.11. The van der Waals surface area contributed by atoms with Crippen LogP contribution in [0.2, 0.25) is 0 Å². The smallest absolute Gasteiger partial charge is 0.326 e. The summed E-state index contributed by atoms with van der Waals surface area (Å²) in [7, 11) is 0. The molecule has 0 aliphatic rings. The molecule has 0 aliphatic heterocycles. The molecule has 0 unspecified atom stereocenters. The fourth-order valence-corrected chi connectivity index (χ4v) is 1.45. The van der Waals surface area contributed by atoms with E-state index in [0.717, 1.165) is 6.08 Å². The van der Waals surface area contributed by atoms with Crippen molar-refractivity contribution in [3.05, 3.63) is 29.7 Å². The summed E-state index contributed by atoms with van der Waals surface area (Å²) in [6, 6.07) is 2.16. The molecule has 0 fully saturated rings. The van der Waals surface area contributed by atoms with Crippen molar-refractivity contribution in [2.45, 2.75) is 25.8 Å². The molecular weight excluding hydrogens is 266 g/mol. The first-order valence-corrected chi connectivity index (χ1v) is 5.88. The van der Waals surface area contributed by atoms with Gasteiger partial charge in [0.15, 0.2) is 0 Å². The SMILES string of the molecule is Cc1ccc(/C=C/C(=O)N[C@@H](CCC(=O)O)C(=O)O)o1. The van der Waals surface area contributed by atoms with E-state index in [1.54, 1.807) is 19.1 Å². The number of rotatable bonds is 7. The first-order valence-electron chi connectivity index (χ1n) is 5.88. The van der Waals surface area contributed by atoms with Crippen molar-refractivity contribution < 1.29 is 29.0 Å². The molecule has 3 N–H and O–H groups in total. The number of aryl methyl sites for hydroxylation is 1. The fourth-order valence-electron chi connectivity index (χ4n) is 1.45. The number of carbonyl (C=O) groups is 3. The number of carboxylic acids is 2. The van der Waals surface area contributed by atoms with Gasteiger partial charge in [0.05, 0.1) is 0 Å². The van der Waals surface area contributed by atoms with Crippen LogP contribution in [0.5, 0.6) is 0 Å². The maximum Gasteiger partial charge on any atom is 0.326 e. The van der Waals surface area contributed by atoms with Gasteiger partial charge in [-0.05, 0) is 31.6 Å². The minimum absolute atomic E-state index is 0.176. The Hall–Kier alpha value is -2.57. The van der Waals surface area contributed by atoms with E-state index in [-0.39, 0.29) is 12.8 Å². The van der Waals surface area contributed by atoms with Crippen molar-refractivity contribution >= 4 is 23.9 Å². The number of carbonyl (C=O) groups excluding carboxylic acids is 1. The predicted octanol–water partition coefficient (Wildman–Crippen LogP) is 1.04. The summed E-state index contributed by atoms with van der Waals surface area (Å²) in [5.74, 6) is -1.87. The molecule has 0 aromatic carbocycles. The molecule has 7 nitrogen and oxygen atoms in total. The van der Waals surface area contributed by atoms with E-state index in [0.29, 0.717) is 11.5 Å². The van der Waals surface area contributed by atoms with Crippen molar-refractivity contribution in [2.24, 2.45) is 0 Å². The number of nitrogens with one attached hydrogen (secondary N) is 1. The summed E-state index contributed by atoms with van der Waals surface area (Å²) in [6.45, 7) is 1.75. The average molecular weight is 281 g/mol. The maximum atomic E-state index is 11.5. The molecule has 1 atom stereocenters. The molecule has 1 heterocycles. The van der Waals surface area contributed by atoms with Gasteiger partial charge in [-0.3, -0.25) is 9.59 Å². The highest BCUT2D eigenvalue weighted by Gasteiger charge is 2.19. The maximum absolute atomic E-state index is 11.5. The lowest BCUT2D eigenvalue weighted by Crippen LogP contribution is -2.40. The second kappa shape index (κ2) is 7.13. The number of hydrogen-bond donors (Lipinski definition) is 3. The van der Waals surface area contributed by atoms with Gasteiger partial charge in [-0.2, -0.15) is 0 Å². The van der Waals surface area contributed by atoms with E-state index in [9.17, 15) is 14.4 Å². The zero-order valence-electron chi connectivity index (χ0n) is 10.8. The zero-order chi connectivity index (χ0) is 15.1. The second-order valence-corrected chi connectivity index (χ2v) is 4.11. The van der Waals surface area contributed by atoms with E-state index < -0.39 is 23.9 Å². The van der Waals surface area contributed by atoms with Crippen LogP contribution < -0.4 is 5.32 Å².